The Morgan fingerprint density at radius 3 is 2.50 bits per heavy atom. The highest BCUT2D eigenvalue weighted by molar-refractivity contribution is 7.09. The van der Waals surface area contributed by atoms with Crippen molar-refractivity contribution in [1.29, 1.82) is 0 Å². The fourth-order valence-corrected chi connectivity index (χ4v) is 2.35. The highest BCUT2D eigenvalue weighted by Crippen LogP contribution is 2.20. The number of hydrogen-bond donors (Lipinski definition) is 1. The molecule has 92 valence electrons. The van der Waals surface area contributed by atoms with Crippen LogP contribution >= 0.6 is 11.5 Å². The van der Waals surface area contributed by atoms with Crippen molar-refractivity contribution in [2.24, 2.45) is 5.92 Å². The Hall–Kier alpha value is -0.680. The van der Waals surface area contributed by atoms with Crippen LogP contribution in [0, 0.1) is 5.92 Å². The molecule has 0 atom stereocenters. The zero-order valence-corrected chi connectivity index (χ0v) is 11.3. The second-order valence-electron chi connectivity index (χ2n) is 4.60. The Morgan fingerprint density at radius 2 is 2.00 bits per heavy atom. The number of hydrogen-bond acceptors (Lipinski definition) is 5. The van der Waals surface area contributed by atoms with Crippen LogP contribution in [-0.2, 0) is 6.42 Å². The molecule has 0 bridgehead atoms. The van der Waals surface area contributed by atoms with E-state index in [2.05, 4.69) is 42.0 Å². The van der Waals surface area contributed by atoms with E-state index < -0.39 is 0 Å². The van der Waals surface area contributed by atoms with Crippen LogP contribution in [0.4, 0.5) is 5.13 Å². The van der Waals surface area contributed by atoms with Gasteiger partial charge in [-0.05, 0) is 19.8 Å². The predicted octanol–water partition coefficient (Wildman–Crippen LogP) is 1.94. The van der Waals surface area contributed by atoms with E-state index in [1.54, 1.807) is 0 Å². The van der Waals surface area contributed by atoms with Crippen LogP contribution in [0.5, 0.6) is 0 Å². The van der Waals surface area contributed by atoms with Gasteiger partial charge in [-0.15, -0.1) is 0 Å². The first-order valence-corrected chi connectivity index (χ1v) is 6.52. The molecule has 0 saturated heterocycles. The first kappa shape index (κ1) is 13.4. The molecule has 1 rings (SSSR count). The molecule has 0 aromatic carbocycles. The van der Waals surface area contributed by atoms with Gasteiger partial charge >= 0.3 is 0 Å². The van der Waals surface area contributed by atoms with Crippen LogP contribution in [0.25, 0.3) is 0 Å². The molecular weight excluding hydrogens is 222 g/mol. The summed E-state index contributed by atoms with van der Waals surface area (Å²) in [6.45, 7) is 9.28. The van der Waals surface area contributed by atoms with E-state index in [4.69, 9.17) is 5.11 Å². The highest BCUT2D eigenvalue weighted by Gasteiger charge is 2.15. The molecule has 0 aliphatic rings. The second-order valence-corrected chi connectivity index (χ2v) is 5.33. The van der Waals surface area contributed by atoms with Gasteiger partial charge in [0.1, 0.15) is 5.82 Å². The van der Waals surface area contributed by atoms with Crippen LogP contribution in [0.1, 0.15) is 33.5 Å². The quantitative estimate of drug-likeness (QED) is 0.829. The van der Waals surface area contributed by atoms with Crippen molar-refractivity contribution in [3.8, 4) is 0 Å². The summed E-state index contributed by atoms with van der Waals surface area (Å²) in [6, 6.07) is 0.340. The Labute approximate surface area is 101 Å². The molecule has 0 fully saturated rings. The molecule has 16 heavy (non-hydrogen) atoms. The molecule has 4 nitrogen and oxygen atoms in total. The van der Waals surface area contributed by atoms with Crippen LogP contribution in [0.3, 0.4) is 0 Å². The van der Waals surface area contributed by atoms with Gasteiger partial charge in [0, 0.05) is 30.5 Å². The van der Waals surface area contributed by atoms with Crippen molar-refractivity contribution in [3.05, 3.63) is 5.82 Å². The number of anilines is 1. The lowest BCUT2D eigenvalue weighted by Gasteiger charge is -2.24. The number of aliphatic hydroxyl groups excluding tert-OH is 1. The third-order valence-corrected chi connectivity index (χ3v) is 3.05. The molecule has 1 aromatic heterocycles. The Morgan fingerprint density at radius 1 is 1.31 bits per heavy atom. The third kappa shape index (κ3) is 3.72. The lowest BCUT2D eigenvalue weighted by Crippen LogP contribution is -2.33. The molecule has 0 spiro atoms. The largest absolute Gasteiger partial charge is 0.395 e. The van der Waals surface area contributed by atoms with E-state index in [0.29, 0.717) is 18.5 Å². The van der Waals surface area contributed by atoms with E-state index in [1.165, 1.54) is 11.5 Å². The molecule has 0 unspecified atom stereocenters. The molecule has 1 N–H and O–H groups in total. The molecule has 0 radical (unpaired) electrons. The lowest BCUT2D eigenvalue weighted by atomic mass is 10.1. The maximum absolute atomic E-state index is 9.01. The summed E-state index contributed by atoms with van der Waals surface area (Å²) in [4.78, 5) is 6.60. The number of aromatic nitrogens is 2. The smallest absolute Gasteiger partial charge is 0.205 e. The summed E-state index contributed by atoms with van der Waals surface area (Å²) < 4.78 is 4.35. The van der Waals surface area contributed by atoms with E-state index in [1.807, 2.05) is 0 Å². The van der Waals surface area contributed by atoms with Crippen LogP contribution in [-0.4, -0.2) is 33.7 Å². The first-order valence-electron chi connectivity index (χ1n) is 5.74. The van der Waals surface area contributed by atoms with Crippen molar-refractivity contribution in [2.45, 2.75) is 40.2 Å². The fraction of sp³-hybridized carbons (Fsp3) is 0.818. The SMILES string of the molecule is CC(C)Cc1nsc(N(CCO)C(C)C)n1. The van der Waals surface area contributed by atoms with Gasteiger partial charge in [0.2, 0.25) is 5.13 Å². The maximum atomic E-state index is 9.01. The van der Waals surface area contributed by atoms with Crippen LogP contribution in [0.2, 0.25) is 0 Å². The standard InChI is InChI=1S/C11H21N3OS/c1-8(2)7-10-12-11(16-13-10)14(5-6-15)9(3)4/h8-9,15H,5-7H2,1-4H3. The first-order chi connectivity index (χ1) is 7.54. The summed E-state index contributed by atoms with van der Waals surface area (Å²) in [6.07, 6.45) is 0.918. The van der Waals surface area contributed by atoms with Crippen molar-refractivity contribution < 1.29 is 5.11 Å². The third-order valence-electron chi connectivity index (χ3n) is 2.26. The number of nitrogens with zero attached hydrogens (tertiary/aromatic N) is 3. The maximum Gasteiger partial charge on any atom is 0.205 e. The average molecular weight is 243 g/mol. The molecule has 0 saturated carbocycles. The summed E-state index contributed by atoms with van der Waals surface area (Å²) in [7, 11) is 0. The van der Waals surface area contributed by atoms with Crippen molar-refractivity contribution >= 4 is 16.7 Å². The molecule has 5 heteroatoms. The average Bonchev–Trinajstić information content (AvgIpc) is 2.60. The summed E-state index contributed by atoms with van der Waals surface area (Å²) in [5.41, 5.74) is 0. The predicted molar refractivity (Wildman–Crippen MR) is 68.0 cm³/mol. The zero-order valence-electron chi connectivity index (χ0n) is 10.5. The van der Waals surface area contributed by atoms with Gasteiger partial charge in [-0.25, -0.2) is 4.98 Å². The molecular formula is C11H21N3OS. The minimum atomic E-state index is 0.150. The van der Waals surface area contributed by atoms with Crippen LogP contribution < -0.4 is 4.90 Å². The molecule has 1 heterocycles. The van der Waals surface area contributed by atoms with Gasteiger partial charge in [0.15, 0.2) is 0 Å². The van der Waals surface area contributed by atoms with Gasteiger partial charge in [-0.2, -0.15) is 4.37 Å². The van der Waals surface area contributed by atoms with Gasteiger partial charge in [-0.3, -0.25) is 0 Å². The zero-order chi connectivity index (χ0) is 12.1. The minimum Gasteiger partial charge on any atom is -0.395 e. The van der Waals surface area contributed by atoms with Gasteiger partial charge in [0.05, 0.1) is 6.61 Å². The normalized spacial score (nSPS) is 11.4. The highest BCUT2D eigenvalue weighted by atomic mass is 32.1. The van der Waals surface area contributed by atoms with Crippen molar-refractivity contribution in [1.82, 2.24) is 9.36 Å². The summed E-state index contributed by atoms with van der Waals surface area (Å²) in [5, 5.41) is 9.93. The molecule has 0 aliphatic heterocycles. The number of rotatable bonds is 6. The monoisotopic (exact) mass is 243 g/mol. The van der Waals surface area contributed by atoms with E-state index in [9.17, 15) is 0 Å². The Bertz CT molecular complexity index is 312. The molecule has 0 amide bonds. The topological polar surface area (TPSA) is 49.2 Å². The van der Waals surface area contributed by atoms with Crippen molar-refractivity contribution in [3.63, 3.8) is 0 Å². The van der Waals surface area contributed by atoms with Gasteiger partial charge in [-0.1, -0.05) is 13.8 Å². The number of aliphatic hydroxyl groups is 1. The Kier molecular flexibility index (Phi) is 5.15. The van der Waals surface area contributed by atoms with Crippen molar-refractivity contribution in [2.75, 3.05) is 18.1 Å². The summed E-state index contributed by atoms with van der Waals surface area (Å²) in [5.74, 6) is 1.49. The molecule has 0 aliphatic carbocycles. The minimum absolute atomic E-state index is 0.150. The fourth-order valence-electron chi connectivity index (χ4n) is 1.49. The Balaban J connectivity index is 2.73. The van der Waals surface area contributed by atoms with E-state index >= 15 is 0 Å². The van der Waals surface area contributed by atoms with E-state index in [0.717, 1.165) is 17.4 Å². The molecule has 1 aromatic rings. The second kappa shape index (κ2) is 6.15. The van der Waals surface area contributed by atoms with Gasteiger partial charge < -0.3 is 10.0 Å². The van der Waals surface area contributed by atoms with Crippen LogP contribution in [0.15, 0.2) is 0 Å². The summed E-state index contributed by atoms with van der Waals surface area (Å²) >= 11 is 1.42. The lowest BCUT2D eigenvalue weighted by molar-refractivity contribution is 0.299. The van der Waals surface area contributed by atoms with Gasteiger partial charge in [0.25, 0.3) is 0 Å². The van der Waals surface area contributed by atoms with E-state index in [-0.39, 0.29) is 6.61 Å².